The number of hydrogen-bond acceptors (Lipinski definition) is 5. The first kappa shape index (κ1) is 28.4. The third kappa shape index (κ3) is 7.40. The lowest BCUT2D eigenvalue weighted by atomic mass is 9.89. The molecule has 1 heterocycles. The van der Waals surface area contributed by atoms with Crippen molar-refractivity contribution in [3.63, 3.8) is 0 Å². The van der Waals surface area contributed by atoms with Gasteiger partial charge in [0.05, 0.1) is 5.56 Å². The largest absolute Gasteiger partial charge is 0.439 e. The van der Waals surface area contributed by atoms with E-state index in [0.717, 1.165) is 27.8 Å². The number of carbonyl (C=O) groups excluding carboxylic acids is 1. The summed E-state index contributed by atoms with van der Waals surface area (Å²) in [5.41, 5.74) is -0.932. The number of rotatable bonds is 7. The molecule has 13 heteroatoms. The average molecular weight is 591 g/mol. The number of halogens is 7. The van der Waals surface area contributed by atoms with E-state index in [4.69, 9.17) is 15.6 Å². The van der Waals surface area contributed by atoms with Crippen LogP contribution >= 0.6 is 15.9 Å². The second kappa shape index (κ2) is 11.4. The molecule has 1 saturated carbocycles. The van der Waals surface area contributed by atoms with E-state index in [1.165, 1.54) is 0 Å². The number of benzene rings is 1. The van der Waals surface area contributed by atoms with Crippen LogP contribution in [-0.2, 0) is 11.0 Å². The number of nitrogens with one attached hydrogen (secondary N) is 3. The Hall–Kier alpha value is -3.22. The number of alkyl halides is 6. The molecule has 1 amide bonds. The Morgan fingerprint density at radius 2 is 1.81 bits per heavy atom. The van der Waals surface area contributed by atoms with E-state index in [2.05, 4.69) is 26.2 Å². The Morgan fingerprint density at radius 3 is 2.35 bits per heavy atom. The van der Waals surface area contributed by atoms with Gasteiger partial charge in [0.15, 0.2) is 0 Å². The van der Waals surface area contributed by atoms with Crippen molar-refractivity contribution in [2.45, 2.75) is 44.1 Å². The van der Waals surface area contributed by atoms with Crippen LogP contribution in [0.5, 0.6) is 11.6 Å². The minimum atomic E-state index is -4.99. The van der Waals surface area contributed by atoms with E-state index in [9.17, 15) is 31.1 Å². The Morgan fingerprint density at radius 1 is 1.14 bits per heavy atom. The predicted molar refractivity (Wildman–Crippen MR) is 128 cm³/mol. The fourth-order valence-electron chi connectivity index (χ4n) is 3.72. The molecule has 0 aliphatic heterocycles. The zero-order valence-corrected chi connectivity index (χ0v) is 20.6. The Balaban J connectivity index is 1.63. The lowest BCUT2D eigenvalue weighted by molar-refractivity contribution is -0.137. The molecule has 3 rings (SSSR count). The third-order valence-corrected chi connectivity index (χ3v) is 6.70. The number of carbonyl (C=O) groups is 1. The molecule has 0 bridgehead atoms. The first-order valence-electron chi connectivity index (χ1n) is 10.9. The number of allylic oxidation sites excluding steroid dienone is 1. The maximum absolute atomic E-state index is 12.8. The fraction of sp³-hybridized carbons (Fsp3) is 0.333. The molecule has 1 atom stereocenters. The molecule has 1 aliphatic rings. The highest BCUT2D eigenvalue weighted by Gasteiger charge is 2.42. The Labute approximate surface area is 216 Å². The normalized spacial score (nSPS) is 17.1. The summed E-state index contributed by atoms with van der Waals surface area (Å²) in [6, 6.07) is 8.40. The quantitative estimate of drug-likeness (QED) is 0.241. The van der Waals surface area contributed by atoms with Gasteiger partial charge in [0.2, 0.25) is 11.8 Å². The summed E-state index contributed by atoms with van der Waals surface area (Å²) in [6.45, 7) is 0. The molecular formula is C24H21BrF6N4O2. The second-order valence-electron chi connectivity index (χ2n) is 8.27. The van der Waals surface area contributed by atoms with E-state index in [-0.39, 0.29) is 5.88 Å². The summed E-state index contributed by atoms with van der Waals surface area (Å²) in [7, 11) is 0. The fourth-order valence-corrected chi connectivity index (χ4v) is 4.36. The minimum absolute atomic E-state index is 0.00740. The van der Waals surface area contributed by atoms with Crippen LogP contribution in [0.4, 0.5) is 26.3 Å². The molecule has 37 heavy (non-hydrogen) atoms. The molecule has 198 valence electrons. The molecule has 1 aromatic carbocycles. The molecule has 2 aromatic rings. The van der Waals surface area contributed by atoms with Gasteiger partial charge in [-0.1, -0.05) is 33.6 Å². The zero-order chi connectivity index (χ0) is 27.4. The van der Waals surface area contributed by atoms with Gasteiger partial charge in [-0.3, -0.25) is 10.2 Å². The van der Waals surface area contributed by atoms with Crippen LogP contribution in [0.3, 0.4) is 0 Å². The SMILES string of the molecule is N=CC(C(=N)C(F)(F)F)C(=O)NC1CCC(=C(Br)c2cccc(Oc3ccc(C(F)(F)F)cn3)c2)CC1. The lowest BCUT2D eigenvalue weighted by Crippen LogP contribution is -2.46. The molecule has 0 saturated heterocycles. The Bertz CT molecular complexity index is 1180. The molecular weight excluding hydrogens is 570 g/mol. The monoisotopic (exact) mass is 590 g/mol. The summed E-state index contributed by atoms with van der Waals surface area (Å²) in [5, 5.41) is 16.8. The number of pyridine rings is 1. The molecule has 6 nitrogen and oxygen atoms in total. The van der Waals surface area contributed by atoms with Crippen LogP contribution in [-0.4, -0.2) is 35.0 Å². The van der Waals surface area contributed by atoms with E-state index >= 15 is 0 Å². The maximum Gasteiger partial charge on any atom is 0.429 e. The van der Waals surface area contributed by atoms with Crippen molar-refractivity contribution in [1.29, 1.82) is 10.8 Å². The van der Waals surface area contributed by atoms with E-state index in [1.54, 1.807) is 24.3 Å². The number of hydrogen-bond donors (Lipinski definition) is 3. The smallest absolute Gasteiger partial charge is 0.429 e. The first-order chi connectivity index (χ1) is 17.3. The number of nitrogens with zero attached hydrogens (tertiary/aromatic N) is 1. The molecule has 1 fully saturated rings. The highest BCUT2D eigenvalue weighted by Crippen LogP contribution is 2.36. The van der Waals surface area contributed by atoms with E-state index in [0.29, 0.717) is 43.8 Å². The van der Waals surface area contributed by atoms with Gasteiger partial charge in [-0.2, -0.15) is 26.3 Å². The highest BCUT2D eigenvalue weighted by molar-refractivity contribution is 9.15. The topological polar surface area (TPSA) is 98.9 Å². The van der Waals surface area contributed by atoms with Crippen LogP contribution in [0, 0.1) is 16.7 Å². The van der Waals surface area contributed by atoms with Crippen LogP contribution in [0.1, 0.15) is 36.8 Å². The highest BCUT2D eigenvalue weighted by atomic mass is 79.9. The van der Waals surface area contributed by atoms with Crippen molar-refractivity contribution >= 4 is 38.2 Å². The average Bonchev–Trinajstić information content (AvgIpc) is 2.84. The minimum Gasteiger partial charge on any atom is -0.439 e. The van der Waals surface area contributed by atoms with Gasteiger partial charge in [0.25, 0.3) is 0 Å². The second-order valence-corrected chi connectivity index (χ2v) is 9.06. The van der Waals surface area contributed by atoms with Crippen LogP contribution in [0.2, 0.25) is 0 Å². The molecule has 0 spiro atoms. The van der Waals surface area contributed by atoms with Gasteiger partial charge in [0, 0.05) is 29.0 Å². The van der Waals surface area contributed by atoms with E-state index < -0.39 is 41.5 Å². The van der Waals surface area contributed by atoms with Crippen molar-refractivity contribution in [2.75, 3.05) is 0 Å². The summed E-state index contributed by atoms with van der Waals surface area (Å²) in [6.07, 6.45) is -6.54. The summed E-state index contributed by atoms with van der Waals surface area (Å²) < 4.78 is 82.8. The van der Waals surface area contributed by atoms with Gasteiger partial charge >= 0.3 is 12.4 Å². The Kier molecular flexibility index (Phi) is 8.77. The van der Waals surface area contributed by atoms with Crippen molar-refractivity contribution in [2.24, 2.45) is 5.92 Å². The van der Waals surface area contributed by atoms with Crippen LogP contribution in [0.25, 0.3) is 4.48 Å². The molecule has 1 aliphatic carbocycles. The summed E-state index contributed by atoms with van der Waals surface area (Å²) in [5.74, 6) is -2.68. The van der Waals surface area contributed by atoms with Gasteiger partial charge in [-0.15, -0.1) is 0 Å². The van der Waals surface area contributed by atoms with Gasteiger partial charge in [0.1, 0.15) is 17.4 Å². The van der Waals surface area contributed by atoms with Gasteiger partial charge in [-0.05, 0) is 49.4 Å². The molecule has 1 unspecified atom stereocenters. The first-order valence-corrected chi connectivity index (χ1v) is 11.7. The van der Waals surface area contributed by atoms with Crippen LogP contribution < -0.4 is 10.1 Å². The number of aromatic nitrogens is 1. The molecule has 1 aromatic heterocycles. The summed E-state index contributed by atoms with van der Waals surface area (Å²) in [4.78, 5) is 15.9. The number of ether oxygens (including phenoxy) is 1. The lowest BCUT2D eigenvalue weighted by Gasteiger charge is -2.27. The van der Waals surface area contributed by atoms with Crippen molar-refractivity contribution in [1.82, 2.24) is 10.3 Å². The van der Waals surface area contributed by atoms with Crippen molar-refractivity contribution in [3.05, 3.63) is 59.3 Å². The maximum atomic E-state index is 12.8. The summed E-state index contributed by atoms with van der Waals surface area (Å²) >= 11 is 3.56. The van der Waals surface area contributed by atoms with Gasteiger partial charge < -0.3 is 15.5 Å². The van der Waals surface area contributed by atoms with E-state index in [1.807, 2.05) is 0 Å². The van der Waals surface area contributed by atoms with Crippen molar-refractivity contribution < 1.29 is 35.9 Å². The zero-order valence-electron chi connectivity index (χ0n) is 19.0. The predicted octanol–water partition coefficient (Wildman–Crippen LogP) is 6.91. The van der Waals surface area contributed by atoms with Crippen LogP contribution in [0.15, 0.2) is 48.2 Å². The standard InChI is InChI=1S/C24H21BrF6N4O2/c25-20(13-4-7-16(8-5-13)35-22(36)18(11-32)21(33)24(29,30)31)14-2-1-3-17(10-14)37-19-9-6-15(12-34-19)23(26,27)28/h1-3,6,9-12,16,18,32-33H,4-5,7-8H2,(H,35,36). The number of amides is 1. The molecule has 0 radical (unpaired) electrons. The molecule has 3 N–H and O–H groups in total. The van der Waals surface area contributed by atoms with Crippen molar-refractivity contribution in [3.8, 4) is 11.6 Å². The third-order valence-electron chi connectivity index (χ3n) is 5.69. The van der Waals surface area contributed by atoms with Gasteiger partial charge in [-0.25, -0.2) is 4.98 Å².